The van der Waals surface area contributed by atoms with Crippen molar-refractivity contribution in [2.45, 2.75) is 25.2 Å². The summed E-state index contributed by atoms with van der Waals surface area (Å²) in [5, 5.41) is 6.91. The van der Waals surface area contributed by atoms with Crippen molar-refractivity contribution in [3.05, 3.63) is 52.3 Å². The maximum absolute atomic E-state index is 13.3. The molecule has 9 heteroatoms. The van der Waals surface area contributed by atoms with Crippen molar-refractivity contribution in [3.8, 4) is 0 Å². The molecule has 1 aliphatic rings. The van der Waals surface area contributed by atoms with E-state index in [2.05, 4.69) is 10.5 Å². The van der Waals surface area contributed by atoms with Gasteiger partial charge in [-0.25, -0.2) is 13.2 Å². The molecule has 0 amide bonds. The van der Waals surface area contributed by atoms with Crippen LogP contribution in [-0.2, 0) is 10.0 Å². The second-order valence-corrected chi connectivity index (χ2v) is 7.90. The van der Waals surface area contributed by atoms with Gasteiger partial charge in [0.25, 0.3) is 10.0 Å². The van der Waals surface area contributed by atoms with Crippen LogP contribution < -0.4 is 11.0 Å². The molecular formula is C17H18N4O4S. The van der Waals surface area contributed by atoms with Crippen LogP contribution in [0.2, 0.25) is 0 Å². The first-order valence-electron chi connectivity index (χ1n) is 8.24. The van der Waals surface area contributed by atoms with Crippen LogP contribution in [-0.4, -0.2) is 35.2 Å². The third-order valence-corrected chi connectivity index (χ3v) is 6.43. The van der Waals surface area contributed by atoms with E-state index in [0.717, 1.165) is 16.2 Å². The van der Waals surface area contributed by atoms with E-state index in [9.17, 15) is 13.2 Å². The number of hydrogen-bond donors (Lipinski definition) is 1. The molecule has 136 valence electrons. The molecule has 0 aliphatic carbocycles. The summed E-state index contributed by atoms with van der Waals surface area (Å²) in [5.41, 5.74) is 1.29. The largest absolute Gasteiger partial charge is 0.360 e. The van der Waals surface area contributed by atoms with Gasteiger partial charge in [0.1, 0.15) is 5.69 Å². The SMILES string of the molecule is Cc1noc(C)c1S(=O)(=O)n1c(=O)n(C2=CCNCC2)c2ccccc21. The van der Waals surface area contributed by atoms with Gasteiger partial charge in [-0.1, -0.05) is 23.4 Å². The molecular weight excluding hydrogens is 356 g/mol. The fourth-order valence-corrected chi connectivity index (χ4v) is 5.07. The standard InChI is InChI=1S/C17H18N4O4S/c1-11-16(12(2)25-19-11)26(23,24)21-15-6-4-3-5-14(15)20(17(21)22)13-7-9-18-10-8-13/h3-7,18H,8-10H2,1-2H3. The summed E-state index contributed by atoms with van der Waals surface area (Å²) >= 11 is 0. The van der Waals surface area contributed by atoms with Crippen LogP contribution >= 0.6 is 0 Å². The predicted molar refractivity (Wildman–Crippen MR) is 96.5 cm³/mol. The van der Waals surface area contributed by atoms with Crippen LogP contribution in [0.5, 0.6) is 0 Å². The van der Waals surface area contributed by atoms with Crippen molar-refractivity contribution >= 4 is 26.8 Å². The molecule has 1 aromatic carbocycles. The van der Waals surface area contributed by atoms with Crippen molar-refractivity contribution in [1.82, 2.24) is 19.0 Å². The van der Waals surface area contributed by atoms with E-state index in [1.165, 1.54) is 11.5 Å². The zero-order valence-corrected chi connectivity index (χ0v) is 15.2. The Balaban J connectivity index is 2.08. The Hall–Kier alpha value is -2.65. The Kier molecular flexibility index (Phi) is 3.85. The van der Waals surface area contributed by atoms with Gasteiger partial charge in [0.2, 0.25) is 0 Å². The predicted octanol–water partition coefficient (Wildman–Crippen LogP) is 1.48. The average molecular weight is 374 g/mol. The van der Waals surface area contributed by atoms with Crippen molar-refractivity contribution in [1.29, 1.82) is 0 Å². The normalized spacial score (nSPS) is 15.4. The molecule has 0 saturated heterocycles. The Morgan fingerprint density at radius 2 is 1.92 bits per heavy atom. The van der Waals surface area contributed by atoms with Gasteiger partial charge in [-0.15, -0.1) is 0 Å². The molecule has 0 radical (unpaired) electrons. The van der Waals surface area contributed by atoms with Crippen molar-refractivity contribution in [2.24, 2.45) is 0 Å². The number of benzene rings is 1. The monoisotopic (exact) mass is 374 g/mol. The van der Waals surface area contributed by atoms with Gasteiger partial charge >= 0.3 is 5.69 Å². The highest BCUT2D eigenvalue weighted by Gasteiger charge is 2.31. The Bertz CT molecular complexity index is 1180. The molecule has 0 spiro atoms. The topological polar surface area (TPSA) is 99.1 Å². The minimum Gasteiger partial charge on any atom is -0.360 e. The first kappa shape index (κ1) is 16.8. The summed E-state index contributed by atoms with van der Waals surface area (Å²) < 4.78 is 33.9. The van der Waals surface area contributed by atoms with Gasteiger partial charge in [0, 0.05) is 25.2 Å². The molecule has 0 atom stereocenters. The van der Waals surface area contributed by atoms with Gasteiger partial charge < -0.3 is 9.84 Å². The van der Waals surface area contributed by atoms with Crippen LogP contribution in [0, 0.1) is 13.8 Å². The molecule has 8 nitrogen and oxygen atoms in total. The molecule has 4 rings (SSSR count). The maximum Gasteiger partial charge on any atom is 0.347 e. The summed E-state index contributed by atoms with van der Waals surface area (Å²) in [6, 6.07) is 6.87. The summed E-state index contributed by atoms with van der Waals surface area (Å²) in [4.78, 5) is 13.1. The van der Waals surface area contributed by atoms with Gasteiger partial charge in [0.05, 0.1) is 11.0 Å². The number of para-hydroxylation sites is 2. The van der Waals surface area contributed by atoms with E-state index in [1.54, 1.807) is 31.2 Å². The highest BCUT2D eigenvalue weighted by Crippen LogP contribution is 2.26. The molecule has 1 aliphatic heterocycles. The summed E-state index contributed by atoms with van der Waals surface area (Å²) in [7, 11) is -4.15. The van der Waals surface area contributed by atoms with Crippen LogP contribution in [0.3, 0.4) is 0 Å². The second kappa shape index (κ2) is 5.96. The van der Waals surface area contributed by atoms with Crippen molar-refractivity contribution in [2.75, 3.05) is 13.1 Å². The zero-order chi connectivity index (χ0) is 18.5. The smallest absolute Gasteiger partial charge is 0.347 e. The van der Waals surface area contributed by atoms with Gasteiger partial charge in [-0.2, -0.15) is 3.97 Å². The van der Waals surface area contributed by atoms with E-state index in [0.29, 0.717) is 24.0 Å². The quantitative estimate of drug-likeness (QED) is 0.745. The molecule has 0 fully saturated rings. The minimum absolute atomic E-state index is 0.0678. The maximum atomic E-state index is 13.3. The first-order chi connectivity index (χ1) is 12.4. The Morgan fingerprint density at radius 3 is 2.54 bits per heavy atom. The third-order valence-electron chi connectivity index (χ3n) is 4.50. The third kappa shape index (κ3) is 2.35. The molecule has 1 N–H and O–H groups in total. The highest BCUT2D eigenvalue weighted by molar-refractivity contribution is 7.90. The fourth-order valence-electron chi connectivity index (χ4n) is 3.38. The van der Waals surface area contributed by atoms with Crippen molar-refractivity contribution in [3.63, 3.8) is 0 Å². The minimum atomic E-state index is -4.15. The first-order valence-corrected chi connectivity index (χ1v) is 9.68. The lowest BCUT2D eigenvalue weighted by Gasteiger charge is -2.14. The zero-order valence-electron chi connectivity index (χ0n) is 14.4. The molecule has 26 heavy (non-hydrogen) atoms. The van der Waals surface area contributed by atoms with Crippen LogP contribution in [0.1, 0.15) is 17.9 Å². The Labute approximate surface area is 149 Å². The number of nitrogens with zero attached hydrogens (tertiary/aromatic N) is 3. The fraction of sp³-hybridized carbons (Fsp3) is 0.294. The number of fused-ring (bicyclic) bond motifs is 1. The van der Waals surface area contributed by atoms with E-state index in [4.69, 9.17) is 4.52 Å². The summed E-state index contributed by atoms with van der Waals surface area (Å²) in [5.74, 6) is 0.160. The van der Waals surface area contributed by atoms with Gasteiger partial charge in [-0.3, -0.25) is 4.57 Å². The number of nitrogens with one attached hydrogen (secondary N) is 1. The molecule has 0 bridgehead atoms. The van der Waals surface area contributed by atoms with Crippen LogP contribution in [0.4, 0.5) is 0 Å². The molecule has 3 aromatic rings. The number of aryl methyl sites for hydroxylation is 2. The lowest BCUT2D eigenvalue weighted by molar-refractivity contribution is 0.390. The second-order valence-electron chi connectivity index (χ2n) is 6.18. The van der Waals surface area contributed by atoms with E-state index in [-0.39, 0.29) is 16.3 Å². The van der Waals surface area contributed by atoms with Gasteiger partial charge in [-0.05, 0) is 26.0 Å². The molecule has 2 aromatic heterocycles. The molecule has 0 saturated carbocycles. The van der Waals surface area contributed by atoms with Gasteiger partial charge in [0.15, 0.2) is 10.7 Å². The van der Waals surface area contributed by atoms with Crippen LogP contribution in [0.25, 0.3) is 16.7 Å². The van der Waals surface area contributed by atoms with Crippen LogP contribution in [0.15, 0.2) is 44.6 Å². The summed E-state index contributed by atoms with van der Waals surface area (Å²) in [6.45, 7) is 4.43. The highest BCUT2D eigenvalue weighted by atomic mass is 32.2. The van der Waals surface area contributed by atoms with Crippen molar-refractivity contribution < 1.29 is 12.9 Å². The Morgan fingerprint density at radius 1 is 1.19 bits per heavy atom. The lowest BCUT2D eigenvalue weighted by Crippen LogP contribution is -2.31. The number of rotatable bonds is 3. The molecule has 0 unspecified atom stereocenters. The molecule has 3 heterocycles. The number of hydrogen-bond acceptors (Lipinski definition) is 6. The number of aromatic nitrogens is 3. The average Bonchev–Trinajstić information content (AvgIpc) is 3.12. The van der Waals surface area contributed by atoms with E-state index in [1.807, 2.05) is 6.08 Å². The van der Waals surface area contributed by atoms with E-state index < -0.39 is 15.7 Å². The number of imidazole rings is 1. The van der Waals surface area contributed by atoms with E-state index >= 15 is 0 Å². The summed E-state index contributed by atoms with van der Waals surface area (Å²) in [6.07, 6.45) is 2.55. The lowest BCUT2D eigenvalue weighted by atomic mass is 10.2.